The molecule has 0 saturated heterocycles. The number of para-hydroxylation sites is 2. The molecule has 1 amide bonds. The topological polar surface area (TPSA) is 71.5 Å². The molecule has 1 aliphatic rings. The number of esters is 1. The van der Waals surface area contributed by atoms with Crippen molar-refractivity contribution in [2.24, 2.45) is 0 Å². The van der Waals surface area contributed by atoms with Crippen molar-refractivity contribution in [2.45, 2.75) is 39.0 Å². The zero-order chi connectivity index (χ0) is 25.8. The van der Waals surface area contributed by atoms with Crippen LogP contribution in [0.25, 0.3) is 10.9 Å². The standard InChI is InChI=1S/C30H28ClN3O3/c1-2-27(29(35)33-26-15-9-7-13-23(26)31)37-30(36)28-21-12-6-8-14-24(21)32-25-16-17-34(19-22(25)28)18-20-10-4-3-5-11-20/h3-15,27H,2,16-19H2,1H3,(H,33,35). The van der Waals surface area contributed by atoms with Gasteiger partial charge in [-0.15, -0.1) is 0 Å². The van der Waals surface area contributed by atoms with E-state index in [9.17, 15) is 9.59 Å². The van der Waals surface area contributed by atoms with Crippen molar-refractivity contribution >= 4 is 40.1 Å². The van der Waals surface area contributed by atoms with Crippen LogP contribution >= 0.6 is 11.6 Å². The summed E-state index contributed by atoms with van der Waals surface area (Å²) in [5.41, 5.74) is 4.70. The van der Waals surface area contributed by atoms with Crippen LogP contribution in [0.5, 0.6) is 0 Å². The molecule has 0 aliphatic carbocycles. The lowest BCUT2D eigenvalue weighted by atomic mass is 9.95. The highest BCUT2D eigenvalue weighted by Gasteiger charge is 2.29. The highest BCUT2D eigenvalue weighted by molar-refractivity contribution is 6.33. The van der Waals surface area contributed by atoms with E-state index in [2.05, 4.69) is 22.3 Å². The second-order valence-electron chi connectivity index (χ2n) is 9.15. The maximum Gasteiger partial charge on any atom is 0.340 e. The third kappa shape index (κ3) is 5.50. The summed E-state index contributed by atoms with van der Waals surface area (Å²) in [6.07, 6.45) is 0.0977. The summed E-state index contributed by atoms with van der Waals surface area (Å²) in [4.78, 5) is 33.9. The van der Waals surface area contributed by atoms with Crippen LogP contribution in [-0.4, -0.2) is 34.4 Å². The van der Waals surface area contributed by atoms with Gasteiger partial charge in [0.05, 0.1) is 21.8 Å². The fourth-order valence-corrected chi connectivity index (χ4v) is 4.92. The van der Waals surface area contributed by atoms with Gasteiger partial charge in [0.25, 0.3) is 5.91 Å². The lowest BCUT2D eigenvalue weighted by Crippen LogP contribution is -2.35. The van der Waals surface area contributed by atoms with Crippen LogP contribution in [0.1, 0.15) is 40.5 Å². The van der Waals surface area contributed by atoms with Gasteiger partial charge in [-0.2, -0.15) is 0 Å². The smallest absolute Gasteiger partial charge is 0.340 e. The Morgan fingerprint density at radius 2 is 1.76 bits per heavy atom. The van der Waals surface area contributed by atoms with E-state index < -0.39 is 18.0 Å². The minimum absolute atomic E-state index is 0.327. The average molecular weight is 514 g/mol. The van der Waals surface area contributed by atoms with Gasteiger partial charge in [-0.1, -0.05) is 79.2 Å². The van der Waals surface area contributed by atoms with E-state index in [-0.39, 0.29) is 0 Å². The normalized spacial score (nSPS) is 14.1. The van der Waals surface area contributed by atoms with Gasteiger partial charge in [-0.25, -0.2) is 4.79 Å². The van der Waals surface area contributed by atoms with Crippen molar-refractivity contribution < 1.29 is 14.3 Å². The molecule has 37 heavy (non-hydrogen) atoms. The van der Waals surface area contributed by atoms with Crippen molar-refractivity contribution in [3.63, 3.8) is 0 Å². The Kier molecular flexibility index (Phi) is 7.49. The molecule has 1 N–H and O–H groups in total. The molecule has 188 valence electrons. The Labute approximate surface area is 221 Å². The first-order valence-electron chi connectivity index (χ1n) is 12.5. The van der Waals surface area contributed by atoms with Gasteiger partial charge in [-0.3, -0.25) is 14.7 Å². The van der Waals surface area contributed by atoms with Crippen LogP contribution in [-0.2, 0) is 29.0 Å². The Balaban J connectivity index is 1.44. The summed E-state index contributed by atoms with van der Waals surface area (Å²) in [7, 11) is 0. The number of pyridine rings is 1. The molecule has 1 atom stereocenters. The lowest BCUT2D eigenvalue weighted by Gasteiger charge is -2.30. The molecule has 0 fully saturated rings. The Morgan fingerprint density at radius 3 is 2.54 bits per heavy atom. The molecule has 1 aromatic heterocycles. The number of carbonyl (C=O) groups is 2. The van der Waals surface area contributed by atoms with Crippen LogP contribution in [0.4, 0.5) is 5.69 Å². The summed E-state index contributed by atoms with van der Waals surface area (Å²) >= 11 is 6.20. The molecule has 5 rings (SSSR count). The van der Waals surface area contributed by atoms with Crippen molar-refractivity contribution in [1.82, 2.24) is 9.88 Å². The van der Waals surface area contributed by atoms with Gasteiger partial charge in [0, 0.05) is 42.7 Å². The summed E-state index contributed by atoms with van der Waals surface area (Å²) < 4.78 is 5.85. The molecular formula is C30H28ClN3O3. The quantitative estimate of drug-likeness (QED) is 0.306. The predicted octanol–water partition coefficient (Wildman–Crippen LogP) is 6.02. The van der Waals surface area contributed by atoms with Crippen LogP contribution in [0.2, 0.25) is 5.02 Å². The number of anilines is 1. The first-order chi connectivity index (χ1) is 18.0. The third-order valence-corrected chi connectivity index (χ3v) is 6.95. The number of rotatable bonds is 7. The molecule has 1 unspecified atom stereocenters. The zero-order valence-corrected chi connectivity index (χ0v) is 21.4. The summed E-state index contributed by atoms with van der Waals surface area (Å²) in [5, 5.41) is 3.93. The number of nitrogens with zero attached hydrogens (tertiary/aromatic N) is 2. The van der Waals surface area contributed by atoms with Gasteiger partial charge in [0.2, 0.25) is 0 Å². The number of carbonyl (C=O) groups excluding carboxylic acids is 2. The number of fused-ring (bicyclic) bond motifs is 2. The van der Waals surface area contributed by atoms with E-state index in [1.165, 1.54) is 5.56 Å². The number of hydrogen-bond donors (Lipinski definition) is 1. The molecule has 6 nitrogen and oxygen atoms in total. The molecule has 0 spiro atoms. The van der Waals surface area contributed by atoms with E-state index in [4.69, 9.17) is 21.3 Å². The van der Waals surface area contributed by atoms with E-state index in [1.54, 1.807) is 24.3 Å². The van der Waals surface area contributed by atoms with Gasteiger partial charge >= 0.3 is 5.97 Å². The fraction of sp³-hybridized carbons (Fsp3) is 0.233. The van der Waals surface area contributed by atoms with Crippen molar-refractivity contribution in [1.29, 1.82) is 0 Å². The van der Waals surface area contributed by atoms with Gasteiger partial charge in [0.15, 0.2) is 6.10 Å². The minimum Gasteiger partial charge on any atom is -0.449 e. The maximum absolute atomic E-state index is 13.7. The molecular weight excluding hydrogens is 486 g/mol. The fourth-order valence-electron chi connectivity index (χ4n) is 4.74. The van der Waals surface area contributed by atoms with Gasteiger partial charge < -0.3 is 10.1 Å². The lowest BCUT2D eigenvalue weighted by molar-refractivity contribution is -0.124. The van der Waals surface area contributed by atoms with E-state index in [0.717, 1.165) is 41.7 Å². The van der Waals surface area contributed by atoms with Gasteiger partial charge in [0.1, 0.15) is 0 Å². The number of amides is 1. The van der Waals surface area contributed by atoms with E-state index >= 15 is 0 Å². The zero-order valence-electron chi connectivity index (χ0n) is 20.6. The number of ether oxygens (including phenoxy) is 1. The number of aromatic nitrogens is 1. The Hall–Kier alpha value is -3.74. The molecule has 0 bridgehead atoms. The Morgan fingerprint density at radius 1 is 1.03 bits per heavy atom. The van der Waals surface area contributed by atoms with Gasteiger partial charge in [-0.05, 0) is 30.2 Å². The number of hydrogen-bond acceptors (Lipinski definition) is 5. The first kappa shape index (κ1) is 24.9. The summed E-state index contributed by atoms with van der Waals surface area (Å²) in [6.45, 7) is 4.01. The van der Waals surface area contributed by atoms with Crippen molar-refractivity contribution in [3.05, 3.63) is 106 Å². The summed E-state index contributed by atoms with van der Waals surface area (Å²) in [6, 6.07) is 24.8. The highest BCUT2D eigenvalue weighted by atomic mass is 35.5. The van der Waals surface area contributed by atoms with E-state index in [1.807, 2.05) is 49.4 Å². The van der Waals surface area contributed by atoms with Crippen LogP contribution in [0, 0.1) is 0 Å². The second-order valence-corrected chi connectivity index (χ2v) is 9.55. The molecule has 3 aromatic carbocycles. The monoisotopic (exact) mass is 513 g/mol. The van der Waals surface area contributed by atoms with Crippen molar-refractivity contribution in [3.8, 4) is 0 Å². The maximum atomic E-state index is 13.7. The average Bonchev–Trinajstić information content (AvgIpc) is 2.92. The number of nitrogens with one attached hydrogen (secondary N) is 1. The largest absolute Gasteiger partial charge is 0.449 e. The van der Waals surface area contributed by atoms with E-state index in [0.29, 0.717) is 29.2 Å². The number of halogens is 1. The molecule has 7 heteroatoms. The molecule has 0 saturated carbocycles. The minimum atomic E-state index is -0.963. The Bertz CT molecular complexity index is 1440. The first-order valence-corrected chi connectivity index (χ1v) is 12.8. The molecule has 2 heterocycles. The summed E-state index contributed by atoms with van der Waals surface area (Å²) in [5.74, 6) is -0.931. The molecule has 4 aromatic rings. The third-order valence-electron chi connectivity index (χ3n) is 6.62. The second kappa shape index (κ2) is 11.1. The molecule has 1 aliphatic heterocycles. The van der Waals surface area contributed by atoms with Crippen molar-refractivity contribution in [2.75, 3.05) is 11.9 Å². The predicted molar refractivity (Wildman–Crippen MR) is 146 cm³/mol. The molecule has 0 radical (unpaired) electrons. The SMILES string of the molecule is CCC(OC(=O)c1c2c(nc3ccccc13)CCN(Cc1ccccc1)C2)C(=O)Nc1ccccc1Cl. The van der Waals surface area contributed by atoms with Crippen LogP contribution < -0.4 is 5.32 Å². The highest BCUT2D eigenvalue weighted by Crippen LogP contribution is 2.30. The van der Waals surface area contributed by atoms with Crippen LogP contribution in [0.15, 0.2) is 78.9 Å². The van der Waals surface area contributed by atoms with Crippen LogP contribution in [0.3, 0.4) is 0 Å². The number of benzene rings is 3.